The number of ether oxygens (including phenoxy) is 1. The van der Waals surface area contributed by atoms with Crippen molar-refractivity contribution in [3.8, 4) is 0 Å². The van der Waals surface area contributed by atoms with Crippen molar-refractivity contribution in [2.45, 2.75) is 40.2 Å². The lowest BCUT2D eigenvalue weighted by Crippen LogP contribution is -2.43. The first-order valence-electron chi connectivity index (χ1n) is 8.29. The van der Waals surface area contributed by atoms with Crippen LogP contribution in [0.2, 0.25) is 0 Å². The maximum atomic E-state index is 12.0. The van der Waals surface area contributed by atoms with Crippen molar-refractivity contribution in [1.29, 1.82) is 0 Å². The van der Waals surface area contributed by atoms with Gasteiger partial charge in [-0.2, -0.15) is 0 Å². The molecule has 0 aliphatic carbocycles. The number of anilines is 1. The molecule has 0 unspecified atom stereocenters. The SMILES string of the molecule is COC(=O)[C@@H](NCCCNC(=O)Nc1c(C)cccc1C)C(C)C. The third-order valence-electron chi connectivity index (χ3n) is 3.84. The van der Waals surface area contributed by atoms with Crippen LogP contribution >= 0.6 is 0 Å². The summed E-state index contributed by atoms with van der Waals surface area (Å²) in [6, 6.07) is 5.35. The molecule has 0 radical (unpaired) electrons. The van der Waals surface area contributed by atoms with Gasteiger partial charge in [0.15, 0.2) is 0 Å². The summed E-state index contributed by atoms with van der Waals surface area (Å²) in [5.41, 5.74) is 2.91. The number of nitrogens with one attached hydrogen (secondary N) is 3. The van der Waals surface area contributed by atoms with Crippen LogP contribution < -0.4 is 16.0 Å². The van der Waals surface area contributed by atoms with Gasteiger partial charge in [0, 0.05) is 12.2 Å². The molecule has 0 saturated carbocycles. The predicted molar refractivity (Wildman–Crippen MR) is 96.2 cm³/mol. The highest BCUT2D eigenvalue weighted by molar-refractivity contribution is 5.90. The van der Waals surface area contributed by atoms with Crippen molar-refractivity contribution in [3.63, 3.8) is 0 Å². The van der Waals surface area contributed by atoms with Gasteiger partial charge in [0.1, 0.15) is 6.04 Å². The maximum Gasteiger partial charge on any atom is 0.323 e. The minimum absolute atomic E-state index is 0.151. The number of aryl methyl sites for hydroxylation is 2. The van der Waals surface area contributed by atoms with Gasteiger partial charge in [-0.05, 0) is 43.9 Å². The third-order valence-corrected chi connectivity index (χ3v) is 3.84. The van der Waals surface area contributed by atoms with E-state index in [4.69, 9.17) is 4.74 Å². The molecule has 134 valence electrons. The van der Waals surface area contributed by atoms with Crippen LogP contribution in [0.25, 0.3) is 0 Å². The summed E-state index contributed by atoms with van der Waals surface area (Å²) in [7, 11) is 1.39. The van der Waals surface area contributed by atoms with E-state index in [9.17, 15) is 9.59 Å². The van der Waals surface area contributed by atoms with Crippen LogP contribution in [-0.4, -0.2) is 38.2 Å². The van der Waals surface area contributed by atoms with Crippen molar-refractivity contribution >= 4 is 17.7 Å². The molecule has 0 spiro atoms. The summed E-state index contributed by atoms with van der Waals surface area (Å²) >= 11 is 0. The molecule has 0 aliphatic heterocycles. The number of methoxy groups -OCH3 is 1. The van der Waals surface area contributed by atoms with Crippen molar-refractivity contribution in [2.75, 3.05) is 25.5 Å². The van der Waals surface area contributed by atoms with E-state index in [0.717, 1.165) is 23.2 Å². The first-order valence-corrected chi connectivity index (χ1v) is 8.29. The molecule has 1 aromatic carbocycles. The Morgan fingerprint density at radius 2 is 1.75 bits per heavy atom. The standard InChI is InChI=1S/C18H29N3O3/c1-12(2)15(17(22)24-5)19-10-7-11-20-18(23)21-16-13(3)8-6-9-14(16)4/h6,8-9,12,15,19H,7,10-11H2,1-5H3,(H2,20,21,23)/t15-/m0/s1. The summed E-state index contributed by atoms with van der Waals surface area (Å²) < 4.78 is 4.78. The molecule has 2 amide bonds. The van der Waals surface area contributed by atoms with E-state index in [1.165, 1.54) is 7.11 Å². The Morgan fingerprint density at radius 3 is 2.29 bits per heavy atom. The summed E-state index contributed by atoms with van der Waals surface area (Å²) in [4.78, 5) is 23.6. The van der Waals surface area contributed by atoms with Crippen LogP contribution in [0.15, 0.2) is 18.2 Å². The number of hydrogen-bond donors (Lipinski definition) is 3. The summed E-state index contributed by atoms with van der Waals surface area (Å²) in [6.45, 7) is 9.00. The minimum Gasteiger partial charge on any atom is -0.468 e. The Hall–Kier alpha value is -2.08. The molecular formula is C18H29N3O3. The molecule has 0 aromatic heterocycles. The van der Waals surface area contributed by atoms with E-state index < -0.39 is 0 Å². The van der Waals surface area contributed by atoms with Crippen LogP contribution in [0.5, 0.6) is 0 Å². The van der Waals surface area contributed by atoms with Crippen LogP contribution in [0.3, 0.4) is 0 Å². The quantitative estimate of drug-likeness (QED) is 0.504. The van der Waals surface area contributed by atoms with Gasteiger partial charge in [-0.1, -0.05) is 32.0 Å². The molecule has 0 fully saturated rings. The summed E-state index contributed by atoms with van der Waals surface area (Å²) in [6.07, 6.45) is 0.723. The van der Waals surface area contributed by atoms with Gasteiger partial charge in [0.2, 0.25) is 0 Å². The molecule has 1 atom stereocenters. The lowest BCUT2D eigenvalue weighted by molar-refractivity contribution is -0.144. The van der Waals surface area contributed by atoms with Gasteiger partial charge in [0.25, 0.3) is 0 Å². The molecule has 24 heavy (non-hydrogen) atoms. The zero-order valence-electron chi connectivity index (χ0n) is 15.2. The number of carbonyl (C=O) groups is 2. The first kappa shape index (κ1) is 20.0. The van der Waals surface area contributed by atoms with Crippen molar-refractivity contribution < 1.29 is 14.3 Å². The average Bonchev–Trinajstić information content (AvgIpc) is 2.53. The van der Waals surface area contributed by atoms with Gasteiger partial charge < -0.3 is 20.7 Å². The fraction of sp³-hybridized carbons (Fsp3) is 0.556. The third kappa shape index (κ3) is 6.20. The minimum atomic E-state index is -0.321. The summed E-state index contributed by atoms with van der Waals surface area (Å²) in [5, 5.41) is 8.87. The molecule has 0 aliphatic rings. The predicted octanol–water partition coefficient (Wildman–Crippen LogP) is 2.60. The van der Waals surface area contributed by atoms with Gasteiger partial charge in [-0.25, -0.2) is 4.79 Å². The Labute approximate surface area is 144 Å². The van der Waals surface area contributed by atoms with E-state index in [1.807, 2.05) is 45.9 Å². The van der Waals surface area contributed by atoms with Crippen molar-refractivity contribution in [1.82, 2.24) is 10.6 Å². The van der Waals surface area contributed by atoms with Crippen LogP contribution in [0, 0.1) is 19.8 Å². The fourth-order valence-electron chi connectivity index (χ4n) is 2.44. The molecule has 6 heteroatoms. The first-order chi connectivity index (χ1) is 11.4. The zero-order valence-corrected chi connectivity index (χ0v) is 15.2. The second-order valence-electron chi connectivity index (χ2n) is 6.20. The van der Waals surface area contributed by atoms with E-state index in [2.05, 4.69) is 16.0 Å². The molecule has 0 bridgehead atoms. The molecule has 0 heterocycles. The number of esters is 1. The number of hydrogen-bond acceptors (Lipinski definition) is 4. The molecule has 6 nitrogen and oxygen atoms in total. The molecule has 0 saturated heterocycles. The number of amides is 2. The van der Waals surface area contributed by atoms with Gasteiger partial charge in [-0.3, -0.25) is 4.79 Å². The molecular weight excluding hydrogens is 306 g/mol. The van der Waals surface area contributed by atoms with E-state index in [1.54, 1.807) is 0 Å². The molecule has 1 aromatic rings. The van der Waals surface area contributed by atoms with Crippen molar-refractivity contribution in [3.05, 3.63) is 29.3 Å². The smallest absolute Gasteiger partial charge is 0.323 e. The lowest BCUT2D eigenvalue weighted by Gasteiger charge is -2.19. The van der Waals surface area contributed by atoms with Gasteiger partial charge >= 0.3 is 12.0 Å². The van der Waals surface area contributed by atoms with Gasteiger partial charge in [-0.15, -0.1) is 0 Å². The van der Waals surface area contributed by atoms with E-state index >= 15 is 0 Å². The maximum absolute atomic E-state index is 12.0. The zero-order chi connectivity index (χ0) is 18.1. The highest BCUT2D eigenvalue weighted by Crippen LogP contribution is 2.18. The topological polar surface area (TPSA) is 79.5 Å². The largest absolute Gasteiger partial charge is 0.468 e. The van der Waals surface area contributed by atoms with E-state index in [-0.39, 0.29) is 24.0 Å². The van der Waals surface area contributed by atoms with Gasteiger partial charge in [0.05, 0.1) is 7.11 Å². The number of benzene rings is 1. The Bertz CT molecular complexity index is 538. The lowest BCUT2D eigenvalue weighted by atomic mass is 10.0. The normalized spacial score (nSPS) is 11.9. The summed E-state index contributed by atoms with van der Waals surface area (Å²) in [5.74, 6) is -0.108. The second kappa shape index (κ2) is 9.93. The highest BCUT2D eigenvalue weighted by atomic mass is 16.5. The number of rotatable bonds is 8. The number of para-hydroxylation sites is 1. The van der Waals surface area contributed by atoms with Crippen LogP contribution in [0.1, 0.15) is 31.4 Å². The fourth-order valence-corrected chi connectivity index (χ4v) is 2.44. The Morgan fingerprint density at radius 1 is 1.12 bits per heavy atom. The number of carbonyl (C=O) groups excluding carboxylic acids is 2. The van der Waals surface area contributed by atoms with Crippen LogP contribution in [0.4, 0.5) is 10.5 Å². The molecule has 3 N–H and O–H groups in total. The van der Waals surface area contributed by atoms with E-state index in [0.29, 0.717) is 13.1 Å². The molecule has 1 rings (SSSR count). The average molecular weight is 335 g/mol. The van der Waals surface area contributed by atoms with Crippen LogP contribution in [-0.2, 0) is 9.53 Å². The second-order valence-corrected chi connectivity index (χ2v) is 6.20. The number of urea groups is 1. The monoisotopic (exact) mass is 335 g/mol. The Kier molecular flexibility index (Phi) is 8.26. The highest BCUT2D eigenvalue weighted by Gasteiger charge is 2.21. The van der Waals surface area contributed by atoms with Crippen molar-refractivity contribution in [2.24, 2.45) is 5.92 Å². The Balaban J connectivity index is 2.32.